The molecule has 0 bridgehead atoms. The summed E-state index contributed by atoms with van der Waals surface area (Å²) in [6.07, 6.45) is 0.271. The number of benzene rings is 2. The molecule has 0 spiro atoms. The van der Waals surface area contributed by atoms with Crippen LogP contribution < -0.4 is 20.6 Å². The molecule has 7 heteroatoms. The Bertz CT molecular complexity index is 1090. The summed E-state index contributed by atoms with van der Waals surface area (Å²) < 4.78 is 16.6. The van der Waals surface area contributed by atoms with E-state index in [1.165, 1.54) is 4.90 Å². The number of carbonyl (C=O) groups excluding carboxylic acids is 1. The van der Waals surface area contributed by atoms with Crippen LogP contribution in [0.15, 0.2) is 51.7 Å². The fourth-order valence-corrected chi connectivity index (χ4v) is 3.80. The molecule has 1 amide bonds. The Balaban J connectivity index is 1.35. The van der Waals surface area contributed by atoms with Gasteiger partial charge in [0.25, 0.3) is 5.91 Å². The number of fused-ring (bicyclic) bond motifs is 3. The number of rotatable bonds is 7. The van der Waals surface area contributed by atoms with E-state index in [0.29, 0.717) is 23.3 Å². The minimum Gasteiger partial charge on any atom is -0.481 e. The number of amides is 1. The molecule has 0 saturated carbocycles. The minimum absolute atomic E-state index is 0.160. The summed E-state index contributed by atoms with van der Waals surface area (Å²) in [5.41, 5.74) is 0.0562. The molecule has 1 atom stereocenters. The molecule has 158 valence electrons. The molecule has 7 nitrogen and oxygen atoms in total. The fourth-order valence-electron chi connectivity index (χ4n) is 3.80. The van der Waals surface area contributed by atoms with Crippen molar-refractivity contribution in [1.29, 1.82) is 0 Å². The topological polar surface area (TPSA) is 82.2 Å². The average molecular weight is 411 g/mol. The van der Waals surface area contributed by atoms with Crippen LogP contribution in [0.1, 0.15) is 13.3 Å². The molecule has 30 heavy (non-hydrogen) atoms. The SMILES string of the molecule is C[C@@H](Oc1ccc2c(c1)oc(=O)c1ccccc12)C(=O)NCCC[NH+]1CCOCC1. The Morgan fingerprint density at radius 2 is 1.90 bits per heavy atom. The number of quaternary nitrogens is 1. The molecule has 1 aliphatic rings. The van der Waals surface area contributed by atoms with Crippen molar-refractivity contribution >= 4 is 27.6 Å². The van der Waals surface area contributed by atoms with Crippen LogP contribution in [0, 0.1) is 0 Å². The Hall–Kier alpha value is -2.90. The van der Waals surface area contributed by atoms with Crippen LogP contribution in [0.2, 0.25) is 0 Å². The zero-order chi connectivity index (χ0) is 20.9. The molecule has 4 rings (SSSR count). The lowest BCUT2D eigenvalue weighted by atomic mass is 10.1. The number of hydrogen-bond acceptors (Lipinski definition) is 5. The first-order chi connectivity index (χ1) is 14.6. The first-order valence-corrected chi connectivity index (χ1v) is 10.4. The van der Waals surface area contributed by atoms with E-state index < -0.39 is 6.10 Å². The van der Waals surface area contributed by atoms with Crippen molar-refractivity contribution in [3.05, 3.63) is 52.9 Å². The fraction of sp³-hybridized carbons (Fsp3) is 0.391. The standard InChI is InChI=1S/C23H26N2O5/c1-16(22(26)24-9-4-10-25-11-13-28-14-12-25)29-17-7-8-19-18-5-2-3-6-20(18)23(27)30-21(19)15-17/h2-3,5-8,15-16H,4,9-14H2,1H3,(H,24,26)/p+1/t16-/m1/s1. The molecule has 0 aliphatic carbocycles. The van der Waals surface area contributed by atoms with Gasteiger partial charge in [0, 0.05) is 24.4 Å². The maximum Gasteiger partial charge on any atom is 0.344 e. The van der Waals surface area contributed by atoms with Gasteiger partial charge >= 0.3 is 5.63 Å². The van der Waals surface area contributed by atoms with Crippen LogP contribution in [-0.4, -0.2) is 51.4 Å². The van der Waals surface area contributed by atoms with Crippen LogP contribution >= 0.6 is 0 Å². The van der Waals surface area contributed by atoms with Gasteiger partial charge in [-0.3, -0.25) is 4.79 Å². The number of carbonyl (C=O) groups is 1. The third-order valence-corrected chi connectivity index (χ3v) is 5.48. The predicted octanol–water partition coefficient (Wildman–Crippen LogP) is 1.13. The summed E-state index contributed by atoms with van der Waals surface area (Å²) in [6.45, 7) is 7.04. The molecule has 1 fully saturated rings. The van der Waals surface area contributed by atoms with E-state index >= 15 is 0 Å². The maximum absolute atomic E-state index is 12.4. The van der Waals surface area contributed by atoms with Crippen molar-refractivity contribution in [2.24, 2.45) is 0 Å². The highest BCUT2D eigenvalue weighted by molar-refractivity contribution is 6.04. The minimum atomic E-state index is -0.648. The van der Waals surface area contributed by atoms with E-state index in [-0.39, 0.29) is 11.5 Å². The Labute approximate surface area is 174 Å². The van der Waals surface area contributed by atoms with Gasteiger partial charge in [0.15, 0.2) is 6.10 Å². The maximum atomic E-state index is 12.4. The van der Waals surface area contributed by atoms with Gasteiger partial charge in [0.1, 0.15) is 24.4 Å². The molecule has 1 aliphatic heterocycles. The quantitative estimate of drug-likeness (QED) is 0.346. The Kier molecular flexibility index (Phi) is 6.30. The molecule has 2 N–H and O–H groups in total. The van der Waals surface area contributed by atoms with E-state index in [0.717, 1.165) is 50.0 Å². The van der Waals surface area contributed by atoms with Crippen molar-refractivity contribution < 1.29 is 23.6 Å². The van der Waals surface area contributed by atoms with Gasteiger partial charge in [0.05, 0.1) is 25.1 Å². The monoisotopic (exact) mass is 411 g/mol. The van der Waals surface area contributed by atoms with Gasteiger partial charge < -0.3 is 24.1 Å². The first kappa shape index (κ1) is 20.4. The number of nitrogens with one attached hydrogen (secondary N) is 2. The second-order valence-corrected chi connectivity index (χ2v) is 7.61. The zero-order valence-electron chi connectivity index (χ0n) is 17.1. The van der Waals surface area contributed by atoms with E-state index in [4.69, 9.17) is 13.9 Å². The van der Waals surface area contributed by atoms with E-state index in [1.54, 1.807) is 25.1 Å². The van der Waals surface area contributed by atoms with Gasteiger partial charge in [-0.1, -0.05) is 18.2 Å². The smallest absolute Gasteiger partial charge is 0.344 e. The van der Waals surface area contributed by atoms with Crippen LogP contribution in [0.5, 0.6) is 5.75 Å². The van der Waals surface area contributed by atoms with Gasteiger partial charge in [-0.2, -0.15) is 0 Å². The third kappa shape index (κ3) is 4.63. The predicted molar refractivity (Wildman–Crippen MR) is 114 cm³/mol. The second kappa shape index (κ2) is 9.28. The summed E-state index contributed by atoms with van der Waals surface area (Å²) >= 11 is 0. The molecule has 3 aromatic rings. The highest BCUT2D eigenvalue weighted by atomic mass is 16.5. The normalized spacial score (nSPS) is 15.9. The summed E-state index contributed by atoms with van der Waals surface area (Å²) in [5, 5.41) is 5.15. The lowest BCUT2D eigenvalue weighted by molar-refractivity contribution is -0.908. The molecule has 2 aromatic carbocycles. The van der Waals surface area contributed by atoms with Crippen LogP contribution in [0.3, 0.4) is 0 Å². The highest BCUT2D eigenvalue weighted by Gasteiger charge is 2.17. The van der Waals surface area contributed by atoms with Crippen molar-refractivity contribution in [2.75, 3.05) is 39.4 Å². The number of ether oxygens (including phenoxy) is 2. The molecule has 1 aromatic heterocycles. The lowest BCUT2D eigenvalue weighted by Crippen LogP contribution is -3.14. The van der Waals surface area contributed by atoms with Gasteiger partial charge in [-0.15, -0.1) is 0 Å². The van der Waals surface area contributed by atoms with Gasteiger partial charge in [0.2, 0.25) is 0 Å². The van der Waals surface area contributed by atoms with Crippen LogP contribution in [0.25, 0.3) is 21.7 Å². The Morgan fingerprint density at radius 1 is 1.13 bits per heavy atom. The second-order valence-electron chi connectivity index (χ2n) is 7.61. The molecular formula is C23H27N2O5+. The van der Waals surface area contributed by atoms with E-state index in [2.05, 4.69) is 5.32 Å². The summed E-state index contributed by atoms with van der Waals surface area (Å²) in [6, 6.07) is 12.6. The van der Waals surface area contributed by atoms with Gasteiger partial charge in [-0.25, -0.2) is 4.79 Å². The van der Waals surface area contributed by atoms with E-state index in [1.807, 2.05) is 24.3 Å². The van der Waals surface area contributed by atoms with Crippen LogP contribution in [-0.2, 0) is 9.53 Å². The zero-order valence-corrected chi connectivity index (χ0v) is 17.1. The molecular weight excluding hydrogens is 384 g/mol. The third-order valence-electron chi connectivity index (χ3n) is 5.48. The average Bonchev–Trinajstić information content (AvgIpc) is 2.77. The summed E-state index contributed by atoms with van der Waals surface area (Å²) in [7, 11) is 0. The van der Waals surface area contributed by atoms with Crippen molar-refractivity contribution in [2.45, 2.75) is 19.4 Å². The first-order valence-electron chi connectivity index (χ1n) is 10.4. The molecule has 1 saturated heterocycles. The summed E-state index contributed by atoms with van der Waals surface area (Å²) in [5.74, 6) is 0.327. The molecule has 0 unspecified atom stereocenters. The van der Waals surface area contributed by atoms with Crippen molar-refractivity contribution in [3.8, 4) is 5.75 Å². The highest BCUT2D eigenvalue weighted by Crippen LogP contribution is 2.26. The number of hydrogen-bond donors (Lipinski definition) is 2. The number of morpholine rings is 1. The lowest BCUT2D eigenvalue weighted by Gasteiger charge is -2.23. The van der Waals surface area contributed by atoms with Gasteiger partial charge in [-0.05, 0) is 30.5 Å². The van der Waals surface area contributed by atoms with Crippen molar-refractivity contribution in [1.82, 2.24) is 5.32 Å². The summed E-state index contributed by atoms with van der Waals surface area (Å²) in [4.78, 5) is 26.1. The molecule has 2 heterocycles. The van der Waals surface area contributed by atoms with E-state index in [9.17, 15) is 9.59 Å². The largest absolute Gasteiger partial charge is 0.481 e. The van der Waals surface area contributed by atoms with Crippen LogP contribution in [0.4, 0.5) is 0 Å². The van der Waals surface area contributed by atoms with Crippen molar-refractivity contribution in [3.63, 3.8) is 0 Å². The Morgan fingerprint density at radius 3 is 2.70 bits per heavy atom. The molecule has 0 radical (unpaired) electrons.